The number of hydrogen-bond acceptors (Lipinski definition) is 2. The lowest BCUT2D eigenvalue weighted by atomic mass is 10.1. The molecule has 0 unspecified atom stereocenters. The molecule has 1 aliphatic rings. The second-order valence-electron chi connectivity index (χ2n) is 5.57. The number of nitrogens with one attached hydrogen (secondary N) is 1. The minimum Gasteiger partial charge on any atom is -0.381 e. The van der Waals surface area contributed by atoms with E-state index in [-0.39, 0.29) is 12.1 Å². The van der Waals surface area contributed by atoms with Crippen molar-refractivity contribution in [3.05, 3.63) is 47.7 Å². The van der Waals surface area contributed by atoms with Gasteiger partial charge in [-0.05, 0) is 37.8 Å². The van der Waals surface area contributed by atoms with Gasteiger partial charge in [0.1, 0.15) is 0 Å². The van der Waals surface area contributed by atoms with Crippen LogP contribution in [0.25, 0.3) is 0 Å². The van der Waals surface area contributed by atoms with Gasteiger partial charge in [-0.3, -0.25) is 0 Å². The van der Waals surface area contributed by atoms with Gasteiger partial charge < -0.3 is 15.0 Å². The van der Waals surface area contributed by atoms with E-state index < -0.39 is 0 Å². The fraction of sp³-hybridized carbons (Fsp3) is 0.471. The molecule has 0 atom stereocenters. The highest BCUT2D eigenvalue weighted by molar-refractivity contribution is 5.75. The Bertz CT molecular complexity index is 475. The average Bonchev–Trinajstić information content (AvgIpc) is 2.52. The largest absolute Gasteiger partial charge is 0.381 e. The van der Waals surface area contributed by atoms with Crippen LogP contribution in [0.1, 0.15) is 32.3 Å². The molecule has 0 spiro atoms. The average molecular weight is 288 g/mol. The summed E-state index contributed by atoms with van der Waals surface area (Å²) in [5.74, 6) is 0. The van der Waals surface area contributed by atoms with E-state index in [9.17, 15) is 4.79 Å². The van der Waals surface area contributed by atoms with Crippen LogP contribution in [-0.4, -0.2) is 30.2 Å². The molecular formula is C17H24N2O2. The summed E-state index contributed by atoms with van der Waals surface area (Å²) in [6.45, 7) is 6.18. The van der Waals surface area contributed by atoms with Crippen LogP contribution in [0.4, 0.5) is 4.79 Å². The van der Waals surface area contributed by atoms with E-state index in [4.69, 9.17) is 4.74 Å². The lowest BCUT2D eigenvalue weighted by molar-refractivity contribution is 0.118. The van der Waals surface area contributed by atoms with Gasteiger partial charge in [0.15, 0.2) is 0 Å². The molecule has 0 saturated carbocycles. The predicted molar refractivity (Wildman–Crippen MR) is 83.8 cm³/mol. The van der Waals surface area contributed by atoms with Gasteiger partial charge in [-0.15, -0.1) is 0 Å². The van der Waals surface area contributed by atoms with Crippen LogP contribution in [0.2, 0.25) is 0 Å². The summed E-state index contributed by atoms with van der Waals surface area (Å²) in [5.41, 5.74) is 2.39. The Morgan fingerprint density at radius 1 is 1.29 bits per heavy atom. The molecule has 21 heavy (non-hydrogen) atoms. The second-order valence-corrected chi connectivity index (χ2v) is 5.57. The first-order chi connectivity index (χ1) is 10.2. The van der Waals surface area contributed by atoms with Gasteiger partial charge in [-0.1, -0.05) is 30.3 Å². The maximum atomic E-state index is 12.4. The molecule has 1 heterocycles. The van der Waals surface area contributed by atoms with Crippen LogP contribution >= 0.6 is 0 Å². The second kappa shape index (κ2) is 7.84. The van der Waals surface area contributed by atoms with Crippen molar-refractivity contribution in [2.24, 2.45) is 0 Å². The molecule has 2 amide bonds. The topological polar surface area (TPSA) is 41.6 Å². The van der Waals surface area contributed by atoms with E-state index >= 15 is 0 Å². The normalized spacial score (nSPS) is 14.9. The van der Waals surface area contributed by atoms with Crippen LogP contribution in [0, 0.1) is 0 Å². The van der Waals surface area contributed by atoms with Gasteiger partial charge in [0, 0.05) is 18.8 Å². The summed E-state index contributed by atoms with van der Waals surface area (Å²) in [6, 6.07) is 10.2. The Labute approximate surface area is 126 Å². The Hall–Kier alpha value is -1.81. The number of carbonyl (C=O) groups excluding carboxylic acids is 1. The molecule has 2 rings (SSSR count). The summed E-state index contributed by atoms with van der Waals surface area (Å²) in [5, 5.41) is 2.92. The van der Waals surface area contributed by atoms with Gasteiger partial charge in [-0.2, -0.15) is 0 Å². The number of ether oxygens (including phenoxy) is 1. The molecule has 1 aromatic carbocycles. The summed E-state index contributed by atoms with van der Waals surface area (Å²) in [7, 11) is 0. The first kappa shape index (κ1) is 15.6. The number of amides is 2. The highest BCUT2D eigenvalue weighted by Crippen LogP contribution is 2.13. The molecular weight excluding hydrogens is 264 g/mol. The molecule has 4 heteroatoms. The smallest absolute Gasteiger partial charge is 0.321 e. The lowest BCUT2D eigenvalue weighted by Gasteiger charge is -2.27. The van der Waals surface area contributed by atoms with Crippen molar-refractivity contribution >= 4 is 6.03 Å². The number of urea groups is 1. The Kier molecular flexibility index (Phi) is 5.81. The summed E-state index contributed by atoms with van der Waals surface area (Å²) < 4.78 is 5.31. The number of nitrogens with zero attached hydrogens (tertiary/aromatic N) is 1. The molecule has 0 bridgehead atoms. The zero-order valence-electron chi connectivity index (χ0n) is 12.8. The van der Waals surface area contributed by atoms with Gasteiger partial charge >= 0.3 is 6.03 Å². The third-order valence-electron chi connectivity index (χ3n) is 3.61. The third-order valence-corrected chi connectivity index (χ3v) is 3.61. The molecule has 0 aromatic heterocycles. The molecule has 0 radical (unpaired) electrons. The zero-order valence-corrected chi connectivity index (χ0v) is 12.8. The van der Waals surface area contributed by atoms with Crippen molar-refractivity contribution in [3.8, 4) is 0 Å². The Morgan fingerprint density at radius 3 is 2.57 bits per heavy atom. The van der Waals surface area contributed by atoms with Gasteiger partial charge in [0.05, 0.1) is 13.2 Å². The van der Waals surface area contributed by atoms with Crippen molar-refractivity contribution in [1.29, 1.82) is 0 Å². The summed E-state index contributed by atoms with van der Waals surface area (Å²) >= 11 is 0. The fourth-order valence-corrected chi connectivity index (χ4v) is 2.29. The first-order valence-electron chi connectivity index (χ1n) is 7.53. The molecule has 4 nitrogen and oxygen atoms in total. The van der Waals surface area contributed by atoms with Crippen molar-refractivity contribution in [3.63, 3.8) is 0 Å². The van der Waals surface area contributed by atoms with E-state index in [1.54, 1.807) is 0 Å². The maximum absolute atomic E-state index is 12.4. The van der Waals surface area contributed by atoms with Crippen LogP contribution in [-0.2, 0) is 11.3 Å². The number of carbonyl (C=O) groups is 1. The van der Waals surface area contributed by atoms with E-state index in [0.717, 1.165) is 31.6 Å². The third kappa shape index (κ3) is 4.90. The van der Waals surface area contributed by atoms with E-state index in [1.807, 2.05) is 55.3 Å². The molecule has 1 fully saturated rings. The molecule has 1 aromatic rings. The number of benzene rings is 1. The highest BCUT2D eigenvalue weighted by Gasteiger charge is 2.16. The van der Waals surface area contributed by atoms with Crippen LogP contribution in [0.3, 0.4) is 0 Å². The SMILES string of the molecule is CC(C)N(Cc1ccccc1)C(=O)NC=C1CCOCC1. The quantitative estimate of drug-likeness (QED) is 0.923. The highest BCUT2D eigenvalue weighted by atomic mass is 16.5. The van der Waals surface area contributed by atoms with Crippen LogP contribution < -0.4 is 5.32 Å². The maximum Gasteiger partial charge on any atom is 0.321 e. The van der Waals surface area contributed by atoms with E-state index in [0.29, 0.717) is 6.54 Å². The number of hydrogen-bond donors (Lipinski definition) is 1. The summed E-state index contributed by atoms with van der Waals surface area (Å²) in [6.07, 6.45) is 3.66. The zero-order chi connectivity index (χ0) is 15.1. The van der Waals surface area contributed by atoms with E-state index in [2.05, 4.69) is 5.32 Å². The molecule has 1 aliphatic heterocycles. The minimum atomic E-state index is -0.0483. The molecule has 114 valence electrons. The molecule has 1 N–H and O–H groups in total. The van der Waals surface area contributed by atoms with Crippen LogP contribution in [0.5, 0.6) is 0 Å². The van der Waals surface area contributed by atoms with Crippen molar-refractivity contribution in [1.82, 2.24) is 10.2 Å². The van der Waals surface area contributed by atoms with Crippen molar-refractivity contribution in [2.45, 2.75) is 39.3 Å². The first-order valence-corrected chi connectivity index (χ1v) is 7.53. The van der Waals surface area contributed by atoms with Gasteiger partial charge in [-0.25, -0.2) is 4.79 Å². The number of rotatable bonds is 4. The minimum absolute atomic E-state index is 0.0483. The van der Waals surface area contributed by atoms with Gasteiger partial charge in [0.2, 0.25) is 0 Å². The Morgan fingerprint density at radius 2 is 1.95 bits per heavy atom. The van der Waals surface area contributed by atoms with E-state index in [1.165, 1.54) is 5.57 Å². The summed E-state index contributed by atoms with van der Waals surface area (Å²) in [4.78, 5) is 14.2. The molecule has 1 saturated heterocycles. The lowest BCUT2D eigenvalue weighted by Crippen LogP contribution is -2.41. The standard InChI is InChI=1S/C17H24N2O2/c1-14(2)19(13-16-6-4-3-5-7-16)17(20)18-12-15-8-10-21-11-9-15/h3-7,12,14H,8-11,13H2,1-2H3,(H,18,20). The Balaban J connectivity index is 1.95. The van der Waals surface area contributed by atoms with Crippen molar-refractivity contribution in [2.75, 3.05) is 13.2 Å². The molecule has 0 aliphatic carbocycles. The predicted octanol–water partition coefficient (Wildman–Crippen LogP) is 3.30. The monoisotopic (exact) mass is 288 g/mol. The fourth-order valence-electron chi connectivity index (χ4n) is 2.29. The van der Waals surface area contributed by atoms with Crippen molar-refractivity contribution < 1.29 is 9.53 Å². The van der Waals surface area contributed by atoms with Crippen LogP contribution in [0.15, 0.2) is 42.1 Å². The van der Waals surface area contributed by atoms with Gasteiger partial charge in [0.25, 0.3) is 0 Å².